The van der Waals surface area contributed by atoms with Gasteiger partial charge in [-0.25, -0.2) is 9.38 Å². The van der Waals surface area contributed by atoms with Gasteiger partial charge in [0, 0.05) is 6.54 Å². The molecular formula is C18H17FN4O2. The normalized spacial score (nSPS) is 18.0. The van der Waals surface area contributed by atoms with Gasteiger partial charge in [-0.1, -0.05) is 19.1 Å². The molecule has 1 atom stereocenters. The van der Waals surface area contributed by atoms with Crippen molar-refractivity contribution in [3.8, 4) is 0 Å². The fraction of sp³-hybridized carbons (Fsp3) is 0.278. The molecule has 2 aromatic rings. The standard InChI is InChI=1S/C18H17FN4O2/c1-3-11-8-23-9-20-18-15(16(23)21-11)14(10(2)25-18)17(24)22-13-7-5-4-6-12(13)19/h4-7,9,11H,3,8H2,1-2H3,(H,22,24)/t11-/m0/s1. The first kappa shape index (κ1) is 15.6. The van der Waals surface area contributed by atoms with Crippen molar-refractivity contribution in [2.45, 2.75) is 26.3 Å². The predicted octanol–water partition coefficient (Wildman–Crippen LogP) is 3.49. The fourth-order valence-electron chi connectivity index (χ4n) is 3.10. The number of hydrogen-bond donors (Lipinski definition) is 1. The van der Waals surface area contributed by atoms with E-state index in [-0.39, 0.29) is 11.7 Å². The van der Waals surface area contributed by atoms with Crippen molar-refractivity contribution in [2.24, 2.45) is 9.98 Å². The van der Waals surface area contributed by atoms with E-state index in [1.54, 1.807) is 25.4 Å². The fourth-order valence-corrected chi connectivity index (χ4v) is 3.10. The number of nitrogens with one attached hydrogen (secondary N) is 1. The predicted molar refractivity (Wildman–Crippen MR) is 93.3 cm³/mol. The Bertz CT molecular complexity index is 916. The number of carbonyl (C=O) groups is 1. The second-order valence-electron chi connectivity index (χ2n) is 6.06. The molecule has 0 radical (unpaired) electrons. The zero-order chi connectivity index (χ0) is 17.6. The lowest BCUT2D eigenvalue weighted by atomic mass is 10.1. The zero-order valence-corrected chi connectivity index (χ0v) is 13.9. The number of amides is 1. The SMILES string of the molecule is CC[C@H]1CN2C=Nc3oc(C)c(C(=O)Nc4ccccc4F)c3C2=N1. The van der Waals surface area contributed by atoms with Gasteiger partial charge in [-0.2, -0.15) is 0 Å². The Morgan fingerprint density at radius 3 is 3.00 bits per heavy atom. The number of anilines is 1. The quantitative estimate of drug-likeness (QED) is 0.930. The van der Waals surface area contributed by atoms with Gasteiger partial charge in [-0.05, 0) is 25.5 Å². The maximum absolute atomic E-state index is 13.8. The molecule has 0 unspecified atom stereocenters. The van der Waals surface area contributed by atoms with Crippen LogP contribution in [-0.4, -0.2) is 35.6 Å². The first-order valence-corrected chi connectivity index (χ1v) is 8.16. The molecule has 0 fully saturated rings. The largest absolute Gasteiger partial charge is 0.442 e. The molecule has 0 aliphatic carbocycles. The molecule has 1 amide bonds. The maximum Gasteiger partial charge on any atom is 0.260 e. The van der Waals surface area contributed by atoms with E-state index in [2.05, 4.69) is 22.2 Å². The number of fused-ring (bicyclic) bond motifs is 3. The molecule has 0 saturated heterocycles. The van der Waals surface area contributed by atoms with E-state index in [4.69, 9.17) is 4.42 Å². The van der Waals surface area contributed by atoms with Crippen molar-refractivity contribution in [3.05, 3.63) is 47.0 Å². The number of halogens is 1. The summed E-state index contributed by atoms with van der Waals surface area (Å²) in [5.41, 5.74) is 1.04. The molecule has 7 heteroatoms. The second-order valence-corrected chi connectivity index (χ2v) is 6.06. The molecule has 0 bridgehead atoms. The van der Waals surface area contributed by atoms with Crippen LogP contribution in [0.3, 0.4) is 0 Å². The molecule has 0 saturated carbocycles. The van der Waals surface area contributed by atoms with Crippen LogP contribution < -0.4 is 5.32 Å². The number of nitrogens with zero attached hydrogens (tertiary/aromatic N) is 3. The average molecular weight is 340 g/mol. The van der Waals surface area contributed by atoms with Crippen molar-refractivity contribution < 1.29 is 13.6 Å². The number of amidine groups is 1. The lowest BCUT2D eigenvalue weighted by Crippen LogP contribution is -2.31. The van der Waals surface area contributed by atoms with E-state index in [0.29, 0.717) is 28.6 Å². The molecular weight excluding hydrogens is 323 g/mol. The maximum atomic E-state index is 13.8. The third kappa shape index (κ3) is 2.52. The van der Waals surface area contributed by atoms with E-state index in [1.165, 1.54) is 12.1 Å². The summed E-state index contributed by atoms with van der Waals surface area (Å²) in [5, 5.41) is 2.61. The van der Waals surface area contributed by atoms with Crippen molar-refractivity contribution in [3.63, 3.8) is 0 Å². The van der Waals surface area contributed by atoms with Crippen LogP contribution in [0.1, 0.15) is 35.0 Å². The van der Waals surface area contributed by atoms with Gasteiger partial charge in [-0.15, -0.1) is 0 Å². The van der Waals surface area contributed by atoms with Crippen LogP contribution in [0.4, 0.5) is 16.0 Å². The number of aryl methyl sites for hydroxylation is 1. The number of furan rings is 1. The van der Waals surface area contributed by atoms with Crippen molar-refractivity contribution in [2.75, 3.05) is 11.9 Å². The van der Waals surface area contributed by atoms with E-state index in [1.807, 2.05) is 4.90 Å². The van der Waals surface area contributed by atoms with E-state index >= 15 is 0 Å². The Hall–Kier alpha value is -2.96. The number of hydrogen-bond acceptors (Lipinski definition) is 5. The highest BCUT2D eigenvalue weighted by atomic mass is 19.1. The third-order valence-electron chi connectivity index (χ3n) is 4.41. The topological polar surface area (TPSA) is 70.2 Å². The van der Waals surface area contributed by atoms with E-state index in [9.17, 15) is 9.18 Å². The lowest BCUT2D eigenvalue weighted by molar-refractivity contribution is 0.102. The van der Waals surface area contributed by atoms with Gasteiger partial charge in [0.05, 0.1) is 22.9 Å². The van der Waals surface area contributed by atoms with Gasteiger partial charge in [0.1, 0.15) is 23.8 Å². The van der Waals surface area contributed by atoms with Crippen molar-refractivity contribution in [1.82, 2.24) is 4.90 Å². The molecule has 1 N–H and O–H groups in total. The monoisotopic (exact) mass is 340 g/mol. The summed E-state index contributed by atoms with van der Waals surface area (Å²) in [6, 6.07) is 6.20. The average Bonchev–Trinajstić information content (AvgIpc) is 3.16. The van der Waals surface area contributed by atoms with Gasteiger partial charge >= 0.3 is 0 Å². The zero-order valence-electron chi connectivity index (χ0n) is 13.9. The van der Waals surface area contributed by atoms with Crippen LogP contribution in [0.15, 0.2) is 38.7 Å². The molecule has 2 aliphatic heterocycles. The van der Waals surface area contributed by atoms with Crippen LogP contribution in [0.25, 0.3) is 0 Å². The summed E-state index contributed by atoms with van der Waals surface area (Å²) in [4.78, 5) is 23.7. The summed E-state index contributed by atoms with van der Waals surface area (Å²) in [6.45, 7) is 4.49. The number of carbonyl (C=O) groups excluding carboxylic acids is 1. The minimum Gasteiger partial charge on any atom is -0.442 e. The third-order valence-corrected chi connectivity index (χ3v) is 4.41. The van der Waals surface area contributed by atoms with Crippen LogP contribution in [0.5, 0.6) is 0 Å². The Labute approximate surface area is 144 Å². The highest BCUT2D eigenvalue weighted by molar-refractivity contribution is 6.19. The van der Waals surface area contributed by atoms with Gasteiger partial charge in [0.15, 0.2) is 0 Å². The number of para-hydroxylation sites is 1. The Morgan fingerprint density at radius 1 is 1.44 bits per heavy atom. The second kappa shape index (κ2) is 5.84. The van der Waals surface area contributed by atoms with Crippen LogP contribution in [-0.2, 0) is 0 Å². The molecule has 6 nitrogen and oxygen atoms in total. The van der Waals surface area contributed by atoms with Gasteiger partial charge in [0.2, 0.25) is 5.88 Å². The van der Waals surface area contributed by atoms with Crippen LogP contribution >= 0.6 is 0 Å². The molecule has 4 rings (SSSR count). The first-order chi connectivity index (χ1) is 12.1. The summed E-state index contributed by atoms with van der Waals surface area (Å²) >= 11 is 0. The smallest absolute Gasteiger partial charge is 0.260 e. The summed E-state index contributed by atoms with van der Waals surface area (Å²) in [6.07, 6.45) is 2.58. The number of rotatable bonds is 3. The Balaban J connectivity index is 1.75. The molecule has 25 heavy (non-hydrogen) atoms. The van der Waals surface area contributed by atoms with Crippen LogP contribution in [0, 0.1) is 12.7 Å². The van der Waals surface area contributed by atoms with E-state index < -0.39 is 11.7 Å². The van der Waals surface area contributed by atoms with Crippen LogP contribution in [0.2, 0.25) is 0 Å². The minimum absolute atomic E-state index is 0.123. The summed E-state index contributed by atoms with van der Waals surface area (Å²) < 4.78 is 19.5. The Morgan fingerprint density at radius 2 is 2.24 bits per heavy atom. The highest BCUT2D eigenvalue weighted by Crippen LogP contribution is 2.35. The van der Waals surface area contributed by atoms with Gasteiger partial charge in [0.25, 0.3) is 5.91 Å². The lowest BCUT2D eigenvalue weighted by Gasteiger charge is -2.18. The molecule has 0 spiro atoms. The molecule has 3 heterocycles. The Kier molecular flexibility index (Phi) is 3.63. The molecule has 1 aromatic carbocycles. The van der Waals surface area contributed by atoms with Crippen molar-refractivity contribution >= 4 is 29.7 Å². The molecule has 1 aromatic heterocycles. The molecule has 128 valence electrons. The van der Waals surface area contributed by atoms with E-state index in [0.717, 1.165) is 13.0 Å². The molecule has 2 aliphatic rings. The minimum atomic E-state index is -0.491. The number of benzene rings is 1. The first-order valence-electron chi connectivity index (χ1n) is 8.16. The number of aliphatic imine (C=N–C) groups is 2. The summed E-state index contributed by atoms with van der Waals surface area (Å²) in [5.74, 6) is 0.554. The van der Waals surface area contributed by atoms with Gasteiger partial charge < -0.3 is 14.6 Å². The van der Waals surface area contributed by atoms with Gasteiger partial charge in [-0.3, -0.25) is 9.79 Å². The summed E-state index contributed by atoms with van der Waals surface area (Å²) in [7, 11) is 0. The van der Waals surface area contributed by atoms with Crippen molar-refractivity contribution in [1.29, 1.82) is 0 Å². The highest BCUT2D eigenvalue weighted by Gasteiger charge is 2.36.